The van der Waals surface area contributed by atoms with Gasteiger partial charge in [0.2, 0.25) is 17.5 Å². The van der Waals surface area contributed by atoms with Gasteiger partial charge in [-0.1, -0.05) is 0 Å². The molecule has 102 valence electrons. The first-order chi connectivity index (χ1) is 8.82. The van der Waals surface area contributed by atoms with Crippen LogP contribution in [-0.4, -0.2) is 34.8 Å². The Labute approximate surface area is 104 Å². The standard InChI is InChI=1S/C10H7F4N3O2/c1-17-4(18)2-3(10(17)19)15-7-5(11)8(13)16-9(14)6(7)12/h3H,2H2,1H3,(H,15,16). The number of imide groups is 1. The number of likely N-dealkylation sites (tertiary alicyclic amines) is 1. The minimum Gasteiger partial charge on any atom is -0.368 e. The number of anilines is 1. The Morgan fingerprint density at radius 1 is 1.16 bits per heavy atom. The minimum absolute atomic E-state index is 0.361. The van der Waals surface area contributed by atoms with Gasteiger partial charge < -0.3 is 5.32 Å². The molecule has 1 atom stereocenters. The molecule has 2 amide bonds. The van der Waals surface area contributed by atoms with E-state index in [1.165, 1.54) is 7.05 Å². The van der Waals surface area contributed by atoms with Crippen molar-refractivity contribution >= 4 is 17.5 Å². The number of aromatic nitrogens is 1. The number of pyridine rings is 1. The van der Waals surface area contributed by atoms with Gasteiger partial charge in [-0.25, -0.2) is 0 Å². The highest BCUT2D eigenvalue weighted by Gasteiger charge is 2.37. The molecule has 1 fully saturated rings. The average Bonchev–Trinajstić information content (AvgIpc) is 2.60. The van der Waals surface area contributed by atoms with Crippen LogP contribution in [0.25, 0.3) is 0 Å². The molecule has 1 aromatic heterocycles. The summed E-state index contributed by atoms with van der Waals surface area (Å²) in [5.74, 6) is -8.51. The summed E-state index contributed by atoms with van der Waals surface area (Å²) in [6.45, 7) is 0. The zero-order valence-corrected chi connectivity index (χ0v) is 9.51. The summed E-state index contributed by atoms with van der Waals surface area (Å²) in [5, 5.41) is 1.99. The third-order valence-corrected chi connectivity index (χ3v) is 2.70. The van der Waals surface area contributed by atoms with Gasteiger partial charge in [-0.15, -0.1) is 0 Å². The zero-order chi connectivity index (χ0) is 14.3. The number of rotatable bonds is 2. The molecule has 1 unspecified atom stereocenters. The lowest BCUT2D eigenvalue weighted by Gasteiger charge is -2.13. The smallest absolute Gasteiger partial charge is 0.253 e. The molecular formula is C10H7F4N3O2. The molecule has 0 saturated carbocycles. The molecule has 9 heteroatoms. The van der Waals surface area contributed by atoms with Crippen LogP contribution in [0.4, 0.5) is 23.2 Å². The maximum atomic E-state index is 13.3. The van der Waals surface area contributed by atoms with Crippen LogP contribution in [0.15, 0.2) is 0 Å². The van der Waals surface area contributed by atoms with Gasteiger partial charge in [0.25, 0.3) is 17.8 Å². The molecule has 0 bridgehead atoms. The van der Waals surface area contributed by atoms with Crippen LogP contribution in [0.2, 0.25) is 0 Å². The number of hydrogen-bond donors (Lipinski definition) is 1. The van der Waals surface area contributed by atoms with Crippen LogP contribution in [0.5, 0.6) is 0 Å². The monoisotopic (exact) mass is 277 g/mol. The summed E-state index contributed by atoms with van der Waals surface area (Å²) in [5.41, 5.74) is -1.16. The highest BCUT2D eigenvalue weighted by molar-refractivity contribution is 6.06. The first-order valence-corrected chi connectivity index (χ1v) is 5.09. The van der Waals surface area contributed by atoms with Crippen molar-refractivity contribution in [1.29, 1.82) is 0 Å². The van der Waals surface area contributed by atoms with Crippen LogP contribution in [-0.2, 0) is 9.59 Å². The van der Waals surface area contributed by atoms with Gasteiger partial charge in [-0.3, -0.25) is 14.5 Å². The molecule has 1 N–H and O–H groups in total. The van der Waals surface area contributed by atoms with E-state index in [9.17, 15) is 27.2 Å². The van der Waals surface area contributed by atoms with Crippen molar-refractivity contribution in [1.82, 2.24) is 9.88 Å². The van der Waals surface area contributed by atoms with E-state index in [0.717, 1.165) is 4.90 Å². The molecule has 19 heavy (non-hydrogen) atoms. The molecule has 1 aliphatic heterocycles. The van der Waals surface area contributed by atoms with Gasteiger partial charge in [0.05, 0.1) is 6.42 Å². The number of nitrogens with zero attached hydrogens (tertiary/aromatic N) is 2. The van der Waals surface area contributed by atoms with Crippen molar-refractivity contribution in [2.45, 2.75) is 12.5 Å². The van der Waals surface area contributed by atoms with Crippen molar-refractivity contribution in [3.8, 4) is 0 Å². The molecule has 0 spiro atoms. The first-order valence-electron chi connectivity index (χ1n) is 5.09. The number of halogens is 4. The lowest BCUT2D eigenvalue weighted by Crippen LogP contribution is -2.32. The van der Waals surface area contributed by atoms with Crippen LogP contribution in [0.1, 0.15) is 6.42 Å². The molecule has 1 aromatic rings. The molecule has 1 saturated heterocycles. The molecule has 0 radical (unpaired) electrons. The molecule has 1 aliphatic rings. The van der Waals surface area contributed by atoms with E-state index in [0.29, 0.717) is 0 Å². The van der Waals surface area contributed by atoms with Crippen molar-refractivity contribution in [2.75, 3.05) is 12.4 Å². The highest BCUT2D eigenvalue weighted by atomic mass is 19.2. The molecule has 0 aliphatic carbocycles. The number of carbonyl (C=O) groups is 2. The maximum absolute atomic E-state index is 13.3. The van der Waals surface area contributed by atoms with Gasteiger partial charge in [0.1, 0.15) is 11.7 Å². The van der Waals surface area contributed by atoms with Crippen molar-refractivity contribution in [2.24, 2.45) is 0 Å². The van der Waals surface area contributed by atoms with Gasteiger partial charge in [-0.2, -0.15) is 22.5 Å². The second-order valence-corrected chi connectivity index (χ2v) is 3.89. The summed E-state index contributed by atoms with van der Waals surface area (Å²) in [6, 6.07) is -1.28. The molecule has 0 aromatic carbocycles. The van der Waals surface area contributed by atoms with E-state index in [-0.39, 0.29) is 6.42 Å². The summed E-state index contributed by atoms with van der Waals surface area (Å²) >= 11 is 0. The van der Waals surface area contributed by atoms with E-state index < -0.39 is 47.1 Å². The fourth-order valence-electron chi connectivity index (χ4n) is 1.66. The van der Waals surface area contributed by atoms with Crippen molar-refractivity contribution < 1.29 is 27.2 Å². The Balaban J connectivity index is 2.35. The van der Waals surface area contributed by atoms with E-state index in [1.54, 1.807) is 0 Å². The fourth-order valence-corrected chi connectivity index (χ4v) is 1.66. The van der Waals surface area contributed by atoms with Gasteiger partial charge >= 0.3 is 0 Å². The third kappa shape index (κ3) is 2.11. The summed E-state index contributed by atoms with van der Waals surface area (Å²) in [4.78, 5) is 25.8. The Morgan fingerprint density at radius 3 is 2.11 bits per heavy atom. The second-order valence-electron chi connectivity index (χ2n) is 3.89. The Morgan fingerprint density at radius 2 is 1.68 bits per heavy atom. The zero-order valence-electron chi connectivity index (χ0n) is 9.51. The molecule has 2 rings (SSSR count). The minimum atomic E-state index is -1.84. The van der Waals surface area contributed by atoms with Gasteiger partial charge in [0.15, 0.2) is 0 Å². The summed E-state index contributed by atoms with van der Waals surface area (Å²) in [6.07, 6.45) is -0.361. The van der Waals surface area contributed by atoms with Gasteiger partial charge in [0, 0.05) is 7.05 Å². The van der Waals surface area contributed by atoms with E-state index >= 15 is 0 Å². The number of nitrogens with one attached hydrogen (secondary N) is 1. The van der Waals surface area contributed by atoms with Crippen LogP contribution in [0.3, 0.4) is 0 Å². The largest absolute Gasteiger partial charge is 0.368 e. The first kappa shape index (κ1) is 13.2. The summed E-state index contributed by atoms with van der Waals surface area (Å²) in [7, 11) is 1.19. The molecule has 5 nitrogen and oxygen atoms in total. The van der Waals surface area contributed by atoms with Crippen LogP contribution >= 0.6 is 0 Å². The van der Waals surface area contributed by atoms with Crippen LogP contribution in [0, 0.1) is 23.5 Å². The Kier molecular flexibility index (Phi) is 3.13. The van der Waals surface area contributed by atoms with Gasteiger partial charge in [-0.05, 0) is 0 Å². The van der Waals surface area contributed by atoms with E-state index in [1.807, 2.05) is 5.32 Å². The average molecular weight is 277 g/mol. The second kappa shape index (κ2) is 4.48. The van der Waals surface area contributed by atoms with Crippen molar-refractivity contribution in [3.05, 3.63) is 23.5 Å². The molecular weight excluding hydrogens is 270 g/mol. The van der Waals surface area contributed by atoms with E-state index in [2.05, 4.69) is 4.98 Å². The fraction of sp³-hybridized carbons (Fsp3) is 0.300. The third-order valence-electron chi connectivity index (χ3n) is 2.70. The van der Waals surface area contributed by atoms with Crippen molar-refractivity contribution in [3.63, 3.8) is 0 Å². The Hall–Kier alpha value is -2.19. The quantitative estimate of drug-likeness (QED) is 0.493. The number of hydrogen-bond acceptors (Lipinski definition) is 4. The summed E-state index contributed by atoms with van der Waals surface area (Å²) < 4.78 is 52.3. The maximum Gasteiger partial charge on any atom is 0.253 e. The predicted octanol–water partition coefficient (Wildman–Crippen LogP) is 0.807. The number of likely N-dealkylation sites (N-methyl/N-ethyl adjacent to an activating group) is 1. The normalized spacial score (nSPS) is 19.2. The van der Waals surface area contributed by atoms with Crippen LogP contribution < -0.4 is 5.32 Å². The van der Waals surface area contributed by atoms with E-state index in [4.69, 9.17) is 0 Å². The number of amides is 2. The SMILES string of the molecule is CN1C(=O)CC(Nc2c(F)c(F)nc(F)c2F)C1=O. The lowest BCUT2D eigenvalue weighted by molar-refractivity contribution is -0.136. The topological polar surface area (TPSA) is 62.3 Å². The predicted molar refractivity (Wildman–Crippen MR) is 53.9 cm³/mol. The highest BCUT2D eigenvalue weighted by Crippen LogP contribution is 2.25. The number of carbonyl (C=O) groups excluding carboxylic acids is 2. The lowest BCUT2D eigenvalue weighted by atomic mass is 10.2. The Bertz CT molecular complexity index is 552. The molecule has 2 heterocycles.